The van der Waals surface area contributed by atoms with Gasteiger partial charge in [-0.15, -0.1) is 0 Å². The number of para-hydroxylation sites is 1. The Morgan fingerprint density at radius 2 is 1.72 bits per heavy atom. The van der Waals surface area contributed by atoms with E-state index in [4.69, 9.17) is 0 Å². The summed E-state index contributed by atoms with van der Waals surface area (Å²) in [5.74, 6) is 0. The molecule has 1 heterocycles. The van der Waals surface area contributed by atoms with Crippen molar-refractivity contribution >= 4 is 11.4 Å². The van der Waals surface area contributed by atoms with Crippen molar-refractivity contribution in [2.75, 3.05) is 5.32 Å². The maximum atomic E-state index is 4.37. The van der Waals surface area contributed by atoms with E-state index in [1.807, 2.05) is 36.4 Å². The molecule has 2 aromatic carbocycles. The maximum absolute atomic E-state index is 4.37. The van der Waals surface area contributed by atoms with Crippen molar-refractivity contribution in [1.82, 2.24) is 0 Å². The summed E-state index contributed by atoms with van der Waals surface area (Å²) in [4.78, 5) is 0. The molecule has 1 unspecified atom stereocenters. The second-order valence-corrected chi connectivity index (χ2v) is 4.41. The minimum atomic E-state index is 0.0834. The third kappa shape index (κ3) is 2.40. The lowest BCUT2D eigenvalue weighted by Gasteiger charge is -2.23. The van der Waals surface area contributed by atoms with Crippen LogP contribution in [0.25, 0.3) is 0 Å². The minimum Gasteiger partial charge on any atom is -0.362 e. The monoisotopic (exact) mass is 237 g/mol. The van der Waals surface area contributed by atoms with Gasteiger partial charge in [0.1, 0.15) is 6.17 Å². The van der Waals surface area contributed by atoms with Gasteiger partial charge in [0.15, 0.2) is 0 Å². The molecule has 0 saturated heterocycles. The summed E-state index contributed by atoms with van der Waals surface area (Å²) < 4.78 is 0. The first-order valence-corrected chi connectivity index (χ1v) is 6.22. The number of nitrogens with zero attached hydrogens (tertiary/aromatic N) is 2. The minimum absolute atomic E-state index is 0.0834. The molecule has 3 rings (SSSR count). The van der Waals surface area contributed by atoms with E-state index in [1.54, 1.807) is 0 Å². The summed E-state index contributed by atoms with van der Waals surface area (Å²) in [6.07, 6.45) is 2.13. The van der Waals surface area contributed by atoms with Crippen LogP contribution in [0.4, 0.5) is 11.4 Å². The van der Waals surface area contributed by atoms with Crippen molar-refractivity contribution in [3.05, 3.63) is 60.2 Å². The summed E-state index contributed by atoms with van der Waals surface area (Å²) in [6, 6.07) is 18.2. The van der Waals surface area contributed by atoms with Crippen LogP contribution in [0, 0.1) is 0 Å². The molecule has 0 aromatic heterocycles. The largest absolute Gasteiger partial charge is 0.362 e. The maximum Gasteiger partial charge on any atom is 0.140 e. The van der Waals surface area contributed by atoms with Crippen LogP contribution < -0.4 is 5.32 Å². The van der Waals surface area contributed by atoms with Gasteiger partial charge in [0.2, 0.25) is 0 Å². The quantitative estimate of drug-likeness (QED) is 0.782. The Balaban J connectivity index is 1.72. The van der Waals surface area contributed by atoms with E-state index in [9.17, 15) is 0 Å². The normalized spacial score (nSPS) is 18.3. The second kappa shape index (κ2) is 5.00. The number of azo groups is 1. The molecule has 2 aromatic rings. The van der Waals surface area contributed by atoms with Gasteiger partial charge in [0.05, 0.1) is 5.69 Å². The third-order valence-electron chi connectivity index (χ3n) is 3.10. The fourth-order valence-corrected chi connectivity index (χ4v) is 2.14. The Labute approximate surface area is 107 Å². The third-order valence-corrected chi connectivity index (χ3v) is 3.10. The molecule has 0 fully saturated rings. The van der Waals surface area contributed by atoms with Crippen LogP contribution in [0.15, 0.2) is 64.8 Å². The van der Waals surface area contributed by atoms with E-state index < -0.39 is 0 Å². The summed E-state index contributed by atoms with van der Waals surface area (Å²) in [6.45, 7) is 0. The number of rotatable bonds is 2. The molecule has 18 heavy (non-hydrogen) atoms. The lowest BCUT2D eigenvalue weighted by Crippen LogP contribution is -2.22. The predicted octanol–water partition coefficient (Wildman–Crippen LogP) is 4.15. The lowest BCUT2D eigenvalue weighted by molar-refractivity contribution is 0.632. The fraction of sp³-hybridized carbons (Fsp3) is 0.200. The van der Waals surface area contributed by atoms with Gasteiger partial charge < -0.3 is 5.32 Å². The molecule has 1 aliphatic rings. The smallest absolute Gasteiger partial charge is 0.140 e. The van der Waals surface area contributed by atoms with Crippen molar-refractivity contribution in [3.63, 3.8) is 0 Å². The Kier molecular flexibility index (Phi) is 3.05. The number of aryl methyl sites for hydroxylation is 1. The van der Waals surface area contributed by atoms with Gasteiger partial charge in [0.25, 0.3) is 0 Å². The van der Waals surface area contributed by atoms with E-state index in [0.29, 0.717) is 0 Å². The number of anilines is 1. The number of hydrogen-bond acceptors (Lipinski definition) is 3. The van der Waals surface area contributed by atoms with E-state index in [1.165, 1.54) is 11.3 Å². The highest BCUT2D eigenvalue weighted by molar-refractivity contribution is 5.53. The SMILES string of the molecule is c1ccc(N=NC2CCc3ccccc3N2)cc1. The van der Waals surface area contributed by atoms with Crippen LogP contribution in [0.2, 0.25) is 0 Å². The Morgan fingerprint density at radius 3 is 2.61 bits per heavy atom. The Hall–Kier alpha value is -2.16. The lowest BCUT2D eigenvalue weighted by atomic mass is 10.0. The topological polar surface area (TPSA) is 36.8 Å². The molecule has 1 N–H and O–H groups in total. The Morgan fingerprint density at radius 1 is 0.944 bits per heavy atom. The van der Waals surface area contributed by atoms with Gasteiger partial charge in [-0.05, 0) is 36.6 Å². The number of nitrogens with one attached hydrogen (secondary N) is 1. The molecule has 0 saturated carbocycles. The van der Waals surface area contributed by atoms with Gasteiger partial charge in [-0.25, -0.2) is 0 Å². The average molecular weight is 237 g/mol. The molecule has 0 amide bonds. The highest BCUT2D eigenvalue weighted by atomic mass is 15.2. The van der Waals surface area contributed by atoms with Gasteiger partial charge in [-0.3, -0.25) is 0 Å². The number of fused-ring (bicyclic) bond motifs is 1. The molecule has 0 bridgehead atoms. The highest BCUT2D eigenvalue weighted by Gasteiger charge is 2.15. The molecule has 1 aliphatic heterocycles. The van der Waals surface area contributed by atoms with Crippen molar-refractivity contribution in [2.45, 2.75) is 19.0 Å². The fourth-order valence-electron chi connectivity index (χ4n) is 2.14. The predicted molar refractivity (Wildman–Crippen MR) is 73.1 cm³/mol. The van der Waals surface area contributed by atoms with Crippen molar-refractivity contribution in [2.24, 2.45) is 10.2 Å². The summed E-state index contributed by atoms with van der Waals surface area (Å²) >= 11 is 0. The molecule has 90 valence electrons. The van der Waals surface area contributed by atoms with E-state index in [-0.39, 0.29) is 6.17 Å². The summed E-state index contributed by atoms with van der Waals surface area (Å²) in [5, 5.41) is 12.0. The highest BCUT2D eigenvalue weighted by Crippen LogP contribution is 2.25. The molecule has 0 aliphatic carbocycles. The van der Waals surface area contributed by atoms with E-state index >= 15 is 0 Å². The van der Waals surface area contributed by atoms with Crippen molar-refractivity contribution < 1.29 is 0 Å². The number of hydrogen-bond donors (Lipinski definition) is 1. The molecular weight excluding hydrogens is 222 g/mol. The zero-order valence-corrected chi connectivity index (χ0v) is 10.1. The van der Waals surface area contributed by atoms with Crippen LogP contribution in [0.5, 0.6) is 0 Å². The van der Waals surface area contributed by atoms with Crippen LogP contribution in [-0.4, -0.2) is 6.17 Å². The molecular formula is C15H15N3. The van der Waals surface area contributed by atoms with Gasteiger partial charge in [-0.1, -0.05) is 36.4 Å². The molecule has 1 atom stereocenters. The number of benzene rings is 2. The standard InChI is InChI=1S/C15H15N3/c1-2-7-13(8-3-1)17-18-15-11-10-12-6-4-5-9-14(12)16-15/h1-9,15-16H,10-11H2. The zero-order valence-electron chi connectivity index (χ0n) is 10.1. The average Bonchev–Trinajstić information content (AvgIpc) is 2.46. The van der Waals surface area contributed by atoms with Crippen molar-refractivity contribution in [1.29, 1.82) is 0 Å². The molecule has 0 radical (unpaired) electrons. The summed E-state index contributed by atoms with van der Waals surface area (Å²) in [5.41, 5.74) is 3.45. The van der Waals surface area contributed by atoms with E-state index in [2.05, 4.69) is 33.7 Å². The van der Waals surface area contributed by atoms with Gasteiger partial charge >= 0.3 is 0 Å². The first-order chi connectivity index (χ1) is 8.92. The van der Waals surface area contributed by atoms with Crippen LogP contribution in [0.1, 0.15) is 12.0 Å². The second-order valence-electron chi connectivity index (χ2n) is 4.41. The van der Waals surface area contributed by atoms with Gasteiger partial charge in [-0.2, -0.15) is 10.2 Å². The Bertz CT molecular complexity index is 549. The van der Waals surface area contributed by atoms with Gasteiger partial charge in [0, 0.05) is 5.69 Å². The van der Waals surface area contributed by atoms with E-state index in [0.717, 1.165) is 18.5 Å². The van der Waals surface area contributed by atoms with Crippen LogP contribution >= 0.6 is 0 Å². The zero-order chi connectivity index (χ0) is 12.2. The van der Waals surface area contributed by atoms with Crippen LogP contribution in [0.3, 0.4) is 0 Å². The molecule has 3 nitrogen and oxygen atoms in total. The first kappa shape index (κ1) is 11.0. The first-order valence-electron chi connectivity index (χ1n) is 6.22. The molecule has 0 spiro atoms. The molecule has 3 heteroatoms. The summed E-state index contributed by atoms with van der Waals surface area (Å²) in [7, 11) is 0. The van der Waals surface area contributed by atoms with Crippen molar-refractivity contribution in [3.8, 4) is 0 Å². The van der Waals surface area contributed by atoms with Crippen LogP contribution in [-0.2, 0) is 6.42 Å².